The highest BCUT2D eigenvalue weighted by Gasteiger charge is 2.44. The fourth-order valence-corrected chi connectivity index (χ4v) is 2.37. The van der Waals surface area contributed by atoms with Crippen molar-refractivity contribution in [1.82, 2.24) is 19.5 Å². The standard InChI is InChI=1S/C11H15N5O5/c1-15(20)9-6-10(13-3-12-9)16(4-14-6)11-8(19)7(18)5(2-17)21-11/h3-5,7-8,11,17-20H,2H2,1H3/t5-,7-,8-,11-/m1/s1. The molecule has 1 saturated heterocycles. The SMILES string of the molecule is CN(O)c1ncnc2c1ncn2[C@@H]1O[C@H](CO)[C@@H](O)[C@H]1O. The van der Waals surface area contributed by atoms with Crippen LogP contribution in [0.15, 0.2) is 12.7 Å². The van der Waals surface area contributed by atoms with Crippen LogP contribution in [0.3, 0.4) is 0 Å². The van der Waals surface area contributed by atoms with Gasteiger partial charge in [-0.25, -0.2) is 20.0 Å². The average molecular weight is 297 g/mol. The number of imidazole rings is 1. The molecule has 2 aromatic heterocycles. The fourth-order valence-electron chi connectivity index (χ4n) is 2.37. The summed E-state index contributed by atoms with van der Waals surface area (Å²) in [5.74, 6) is 0.200. The largest absolute Gasteiger partial charge is 0.394 e. The van der Waals surface area contributed by atoms with Gasteiger partial charge < -0.3 is 20.1 Å². The minimum Gasteiger partial charge on any atom is -0.394 e. The molecule has 21 heavy (non-hydrogen) atoms. The van der Waals surface area contributed by atoms with E-state index in [0.29, 0.717) is 11.2 Å². The molecule has 0 spiro atoms. The van der Waals surface area contributed by atoms with Crippen molar-refractivity contribution in [2.24, 2.45) is 0 Å². The van der Waals surface area contributed by atoms with E-state index in [0.717, 1.165) is 5.06 Å². The number of aliphatic hydroxyl groups is 3. The summed E-state index contributed by atoms with van der Waals surface area (Å²) in [5, 5.41) is 39.3. The van der Waals surface area contributed by atoms with Crippen LogP contribution in [0.2, 0.25) is 0 Å². The van der Waals surface area contributed by atoms with Gasteiger partial charge in [0.25, 0.3) is 0 Å². The molecule has 0 aromatic carbocycles. The molecule has 0 bridgehead atoms. The first kappa shape index (κ1) is 14.1. The zero-order chi connectivity index (χ0) is 15.1. The van der Waals surface area contributed by atoms with Crippen molar-refractivity contribution in [2.45, 2.75) is 24.5 Å². The third kappa shape index (κ3) is 2.13. The van der Waals surface area contributed by atoms with Crippen molar-refractivity contribution in [3.05, 3.63) is 12.7 Å². The molecule has 1 fully saturated rings. The van der Waals surface area contributed by atoms with Gasteiger partial charge in [-0.1, -0.05) is 0 Å². The number of aliphatic hydroxyl groups excluding tert-OH is 3. The van der Waals surface area contributed by atoms with Crippen molar-refractivity contribution >= 4 is 17.0 Å². The zero-order valence-corrected chi connectivity index (χ0v) is 11.1. The summed E-state index contributed by atoms with van der Waals surface area (Å²) in [7, 11) is 1.40. The molecule has 4 atom stereocenters. The second kappa shape index (κ2) is 5.16. The Morgan fingerprint density at radius 1 is 1.29 bits per heavy atom. The second-order valence-electron chi connectivity index (χ2n) is 4.77. The minimum atomic E-state index is -1.23. The Kier molecular flexibility index (Phi) is 3.47. The molecule has 0 unspecified atom stereocenters. The Hall–Kier alpha value is -1.85. The van der Waals surface area contributed by atoms with Gasteiger partial charge in [0, 0.05) is 7.05 Å². The number of hydrogen-bond acceptors (Lipinski definition) is 9. The summed E-state index contributed by atoms with van der Waals surface area (Å²) in [5.41, 5.74) is 0.649. The first-order chi connectivity index (χ1) is 10.0. The normalized spacial score (nSPS) is 29.2. The Balaban J connectivity index is 2.04. The molecule has 0 saturated carbocycles. The fraction of sp³-hybridized carbons (Fsp3) is 0.545. The lowest BCUT2D eigenvalue weighted by Gasteiger charge is -2.16. The van der Waals surface area contributed by atoms with Crippen molar-refractivity contribution in [2.75, 3.05) is 18.7 Å². The molecule has 4 N–H and O–H groups in total. The number of hydroxylamine groups is 1. The molecule has 0 radical (unpaired) electrons. The van der Waals surface area contributed by atoms with Crippen molar-refractivity contribution < 1.29 is 25.3 Å². The highest BCUT2D eigenvalue weighted by atomic mass is 16.6. The Morgan fingerprint density at radius 3 is 2.67 bits per heavy atom. The Morgan fingerprint density at radius 2 is 2.05 bits per heavy atom. The molecular formula is C11H15N5O5. The maximum absolute atomic E-state index is 10.0. The van der Waals surface area contributed by atoms with E-state index in [-0.39, 0.29) is 5.82 Å². The first-order valence-electron chi connectivity index (χ1n) is 6.27. The highest BCUT2D eigenvalue weighted by molar-refractivity contribution is 5.82. The quantitative estimate of drug-likeness (QED) is 0.486. The van der Waals surface area contributed by atoms with Crippen LogP contribution < -0.4 is 5.06 Å². The molecule has 114 valence electrons. The molecule has 0 aliphatic carbocycles. The van der Waals surface area contributed by atoms with E-state index in [9.17, 15) is 15.4 Å². The van der Waals surface area contributed by atoms with E-state index in [1.807, 2.05) is 0 Å². The van der Waals surface area contributed by atoms with Gasteiger partial charge in [0.2, 0.25) is 0 Å². The molecular weight excluding hydrogens is 282 g/mol. The van der Waals surface area contributed by atoms with E-state index in [4.69, 9.17) is 9.84 Å². The van der Waals surface area contributed by atoms with Crippen LogP contribution in [0.1, 0.15) is 6.23 Å². The number of fused-ring (bicyclic) bond motifs is 1. The molecule has 2 aromatic rings. The minimum absolute atomic E-state index is 0.200. The van der Waals surface area contributed by atoms with Crippen LogP contribution in [0.4, 0.5) is 5.82 Å². The molecule has 3 rings (SSSR count). The van der Waals surface area contributed by atoms with Crippen LogP contribution >= 0.6 is 0 Å². The van der Waals surface area contributed by atoms with Crippen molar-refractivity contribution in [1.29, 1.82) is 0 Å². The zero-order valence-electron chi connectivity index (χ0n) is 11.1. The molecule has 10 nitrogen and oxygen atoms in total. The Bertz CT molecular complexity index is 647. The predicted octanol–water partition coefficient (Wildman–Crippen LogP) is -1.74. The van der Waals surface area contributed by atoms with Gasteiger partial charge >= 0.3 is 0 Å². The third-order valence-electron chi connectivity index (χ3n) is 3.44. The summed E-state index contributed by atoms with van der Waals surface area (Å²) in [6.45, 7) is -0.416. The van der Waals surface area contributed by atoms with Crippen molar-refractivity contribution in [3.63, 3.8) is 0 Å². The van der Waals surface area contributed by atoms with Crippen LogP contribution in [0.5, 0.6) is 0 Å². The summed E-state index contributed by atoms with van der Waals surface area (Å²) in [6, 6.07) is 0. The van der Waals surface area contributed by atoms with Gasteiger partial charge in [0.05, 0.1) is 12.9 Å². The summed E-state index contributed by atoms with van der Waals surface area (Å²) >= 11 is 0. The Labute approximate surface area is 118 Å². The van der Waals surface area contributed by atoms with Gasteiger partial charge in [-0.2, -0.15) is 0 Å². The average Bonchev–Trinajstić information content (AvgIpc) is 3.01. The number of ether oxygens (including phenoxy) is 1. The van der Waals surface area contributed by atoms with Gasteiger partial charge in [0.1, 0.15) is 24.6 Å². The summed E-state index contributed by atoms with van der Waals surface area (Å²) in [6.07, 6.45) is -1.65. The van der Waals surface area contributed by atoms with Gasteiger partial charge in [-0.15, -0.1) is 0 Å². The maximum Gasteiger partial charge on any atom is 0.183 e. The molecule has 1 aliphatic rings. The third-order valence-corrected chi connectivity index (χ3v) is 3.44. The number of hydrogen-bond donors (Lipinski definition) is 4. The van der Waals surface area contributed by atoms with Crippen LogP contribution in [0.25, 0.3) is 11.2 Å². The second-order valence-corrected chi connectivity index (χ2v) is 4.77. The topological polar surface area (TPSA) is 137 Å². The lowest BCUT2D eigenvalue weighted by atomic mass is 10.1. The monoisotopic (exact) mass is 297 g/mol. The highest BCUT2D eigenvalue weighted by Crippen LogP contribution is 2.32. The van der Waals surface area contributed by atoms with E-state index in [1.54, 1.807) is 0 Å². The molecule has 1 aliphatic heterocycles. The molecule has 3 heterocycles. The van der Waals surface area contributed by atoms with Crippen LogP contribution in [-0.2, 0) is 4.74 Å². The van der Waals surface area contributed by atoms with Crippen LogP contribution in [-0.4, -0.2) is 72.0 Å². The molecule has 0 amide bonds. The first-order valence-corrected chi connectivity index (χ1v) is 6.27. The lowest BCUT2D eigenvalue weighted by Crippen LogP contribution is -2.33. The van der Waals surface area contributed by atoms with Crippen molar-refractivity contribution in [3.8, 4) is 0 Å². The smallest absolute Gasteiger partial charge is 0.183 e. The summed E-state index contributed by atoms with van der Waals surface area (Å²) in [4.78, 5) is 12.1. The number of rotatable bonds is 3. The predicted molar refractivity (Wildman–Crippen MR) is 68.5 cm³/mol. The number of nitrogens with zero attached hydrogens (tertiary/aromatic N) is 5. The van der Waals surface area contributed by atoms with Gasteiger partial charge in [-0.3, -0.25) is 9.77 Å². The van der Waals surface area contributed by atoms with Gasteiger partial charge in [-0.05, 0) is 0 Å². The number of aromatic nitrogens is 4. The lowest BCUT2D eigenvalue weighted by molar-refractivity contribution is -0.0511. The van der Waals surface area contributed by atoms with E-state index >= 15 is 0 Å². The van der Waals surface area contributed by atoms with E-state index in [1.165, 1.54) is 24.3 Å². The summed E-state index contributed by atoms with van der Waals surface area (Å²) < 4.78 is 6.85. The van der Waals surface area contributed by atoms with Crippen LogP contribution in [0, 0.1) is 0 Å². The van der Waals surface area contributed by atoms with E-state index in [2.05, 4.69) is 15.0 Å². The van der Waals surface area contributed by atoms with E-state index < -0.39 is 31.1 Å². The molecule has 10 heteroatoms. The number of anilines is 1. The maximum atomic E-state index is 10.0. The van der Waals surface area contributed by atoms with Gasteiger partial charge in [0.15, 0.2) is 23.2 Å².